The van der Waals surface area contributed by atoms with Gasteiger partial charge >= 0.3 is 0 Å². The van der Waals surface area contributed by atoms with E-state index in [0.29, 0.717) is 25.3 Å². The Morgan fingerprint density at radius 1 is 1.38 bits per heavy atom. The van der Waals surface area contributed by atoms with Crippen LogP contribution in [0.3, 0.4) is 0 Å². The van der Waals surface area contributed by atoms with Gasteiger partial charge in [-0.05, 0) is 19.9 Å². The van der Waals surface area contributed by atoms with Gasteiger partial charge in [-0.1, -0.05) is 6.92 Å². The molecule has 0 radical (unpaired) electrons. The molecule has 21 heavy (non-hydrogen) atoms. The third-order valence-corrected chi connectivity index (χ3v) is 5.12. The van der Waals surface area contributed by atoms with Gasteiger partial charge in [0.15, 0.2) is 5.03 Å². The van der Waals surface area contributed by atoms with Gasteiger partial charge in [0, 0.05) is 25.7 Å². The molecule has 0 fully saturated rings. The van der Waals surface area contributed by atoms with Crippen LogP contribution in [-0.4, -0.2) is 46.1 Å². The fraction of sp³-hybridized carbons (Fsp3) is 0.538. The fourth-order valence-electron chi connectivity index (χ4n) is 2.08. The number of sulfonamides is 1. The van der Waals surface area contributed by atoms with Gasteiger partial charge in [-0.2, -0.15) is 9.40 Å². The summed E-state index contributed by atoms with van der Waals surface area (Å²) in [6.07, 6.45) is 2.04. The normalized spacial score (nSPS) is 12.2. The molecule has 116 valence electrons. The number of hydrogen-bond donors (Lipinski definition) is 1. The number of nitrogens with one attached hydrogen (secondary N) is 1. The first-order valence-corrected chi connectivity index (χ1v) is 8.30. The number of likely N-dealkylation sites (N-methyl/N-ethyl adjacent to an activating group) is 1. The molecule has 2 aromatic heterocycles. The number of rotatable bonds is 6. The molecular weight excluding hydrogens is 290 g/mol. The molecule has 0 aliphatic heterocycles. The standard InChI is InChI=1S/C13H21N5O2S/c1-5-12-14-9-13(15-12)21(19,20)17(4)6-7-18-11(3)8-10(2)16-18/h8-9H,5-7H2,1-4H3,(H,14,15). The van der Waals surface area contributed by atoms with Crippen molar-refractivity contribution in [3.8, 4) is 0 Å². The Kier molecular flexibility index (Phi) is 4.48. The first kappa shape index (κ1) is 15.7. The number of nitrogens with zero attached hydrogens (tertiary/aromatic N) is 4. The van der Waals surface area contributed by atoms with Crippen LogP contribution in [0.1, 0.15) is 24.1 Å². The van der Waals surface area contributed by atoms with E-state index in [1.807, 2.05) is 31.5 Å². The molecule has 2 aromatic rings. The Labute approximate surface area is 125 Å². The predicted octanol–water partition coefficient (Wildman–Crippen LogP) is 1.11. The molecule has 2 rings (SSSR count). The summed E-state index contributed by atoms with van der Waals surface area (Å²) in [6, 6.07) is 1.97. The van der Waals surface area contributed by atoms with Gasteiger partial charge in [0.1, 0.15) is 5.82 Å². The van der Waals surface area contributed by atoms with Gasteiger partial charge in [0.05, 0.1) is 18.4 Å². The lowest BCUT2D eigenvalue weighted by atomic mass is 10.4. The molecule has 0 aliphatic rings. The lowest BCUT2D eigenvalue weighted by molar-refractivity contribution is 0.427. The van der Waals surface area contributed by atoms with E-state index < -0.39 is 10.0 Å². The molecule has 1 N–H and O–H groups in total. The van der Waals surface area contributed by atoms with Crippen molar-refractivity contribution in [3.05, 3.63) is 29.5 Å². The van der Waals surface area contributed by atoms with Crippen LogP contribution < -0.4 is 0 Å². The molecule has 0 spiro atoms. The van der Waals surface area contributed by atoms with E-state index >= 15 is 0 Å². The average molecular weight is 311 g/mol. The number of H-pyrrole nitrogens is 1. The monoisotopic (exact) mass is 311 g/mol. The summed E-state index contributed by atoms with van der Waals surface area (Å²) in [4.78, 5) is 6.87. The van der Waals surface area contributed by atoms with Crippen LogP contribution >= 0.6 is 0 Å². The largest absolute Gasteiger partial charge is 0.332 e. The van der Waals surface area contributed by atoms with Crippen molar-refractivity contribution in [3.63, 3.8) is 0 Å². The van der Waals surface area contributed by atoms with E-state index in [1.165, 1.54) is 10.5 Å². The molecule has 2 heterocycles. The van der Waals surface area contributed by atoms with Crippen molar-refractivity contribution in [2.45, 2.75) is 38.8 Å². The highest BCUT2D eigenvalue weighted by Crippen LogP contribution is 2.12. The minimum atomic E-state index is -3.53. The average Bonchev–Trinajstić information content (AvgIpc) is 3.02. The van der Waals surface area contributed by atoms with E-state index in [9.17, 15) is 8.42 Å². The maximum absolute atomic E-state index is 12.4. The molecule has 8 heteroatoms. The summed E-state index contributed by atoms with van der Waals surface area (Å²) in [5.41, 5.74) is 1.95. The van der Waals surface area contributed by atoms with E-state index in [1.54, 1.807) is 7.05 Å². The molecule has 0 aromatic carbocycles. The first-order chi connectivity index (χ1) is 9.84. The van der Waals surface area contributed by atoms with Crippen LogP contribution in [0.5, 0.6) is 0 Å². The maximum Gasteiger partial charge on any atom is 0.259 e. The minimum Gasteiger partial charge on any atom is -0.332 e. The summed E-state index contributed by atoms with van der Waals surface area (Å²) < 4.78 is 27.9. The fourth-order valence-corrected chi connectivity index (χ4v) is 3.17. The number of imidazole rings is 1. The zero-order chi connectivity index (χ0) is 15.6. The summed E-state index contributed by atoms with van der Waals surface area (Å²) in [7, 11) is -1.97. The Morgan fingerprint density at radius 2 is 2.10 bits per heavy atom. The molecule has 0 amide bonds. The van der Waals surface area contributed by atoms with Crippen molar-refractivity contribution in [1.29, 1.82) is 0 Å². The molecule has 0 saturated carbocycles. The van der Waals surface area contributed by atoms with Gasteiger partial charge in [-0.3, -0.25) is 4.68 Å². The van der Waals surface area contributed by atoms with Crippen molar-refractivity contribution in [2.24, 2.45) is 0 Å². The highest BCUT2D eigenvalue weighted by Gasteiger charge is 2.23. The summed E-state index contributed by atoms with van der Waals surface area (Å²) >= 11 is 0. The van der Waals surface area contributed by atoms with Crippen LogP contribution in [0.4, 0.5) is 0 Å². The van der Waals surface area contributed by atoms with Gasteiger partial charge in [-0.25, -0.2) is 13.4 Å². The van der Waals surface area contributed by atoms with Crippen molar-refractivity contribution in [1.82, 2.24) is 24.1 Å². The molecule has 0 bridgehead atoms. The molecule has 0 atom stereocenters. The number of aromatic amines is 1. The van der Waals surface area contributed by atoms with Crippen molar-refractivity contribution < 1.29 is 8.42 Å². The molecule has 0 unspecified atom stereocenters. The van der Waals surface area contributed by atoms with Crippen LogP contribution in [0, 0.1) is 13.8 Å². The SMILES string of the molecule is CCc1ncc(S(=O)(=O)N(C)CCn2nc(C)cc2C)[nH]1. The number of aromatic nitrogens is 4. The van der Waals surface area contributed by atoms with Crippen LogP contribution in [-0.2, 0) is 23.0 Å². The quantitative estimate of drug-likeness (QED) is 0.866. The third kappa shape index (κ3) is 3.33. The second-order valence-corrected chi connectivity index (χ2v) is 7.04. The van der Waals surface area contributed by atoms with Gasteiger partial charge < -0.3 is 4.98 Å². The Hall–Kier alpha value is -1.67. The summed E-state index contributed by atoms with van der Waals surface area (Å²) in [5, 5.41) is 4.46. The van der Waals surface area contributed by atoms with Crippen LogP contribution in [0.15, 0.2) is 17.3 Å². The van der Waals surface area contributed by atoms with Crippen molar-refractivity contribution in [2.75, 3.05) is 13.6 Å². The van der Waals surface area contributed by atoms with E-state index in [0.717, 1.165) is 11.4 Å². The van der Waals surface area contributed by atoms with Gasteiger partial charge in [0.25, 0.3) is 10.0 Å². The third-order valence-electron chi connectivity index (χ3n) is 3.36. The van der Waals surface area contributed by atoms with Gasteiger partial charge in [-0.15, -0.1) is 0 Å². The Morgan fingerprint density at radius 3 is 2.62 bits per heavy atom. The van der Waals surface area contributed by atoms with Crippen LogP contribution in [0.25, 0.3) is 0 Å². The number of aryl methyl sites for hydroxylation is 3. The first-order valence-electron chi connectivity index (χ1n) is 6.86. The maximum atomic E-state index is 12.4. The summed E-state index contributed by atoms with van der Waals surface area (Å²) in [5.74, 6) is 0.667. The second kappa shape index (κ2) is 5.98. The lowest BCUT2D eigenvalue weighted by Gasteiger charge is -2.16. The van der Waals surface area contributed by atoms with E-state index in [-0.39, 0.29) is 5.03 Å². The molecule has 0 aliphatic carbocycles. The zero-order valence-corrected chi connectivity index (χ0v) is 13.6. The zero-order valence-electron chi connectivity index (χ0n) is 12.8. The smallest absolute Gasteiger partial charge is 0.259 e. The minimum absolute atomic E-state index is 0.134. The topological polar surface area (TPSA) is 83.9 Å². The molecule has 0 saturated heterocycles. The van der Waals surface area contributed by atoms with Crippen molar-refractivity contribution >= 4 is 10.0 Å². The van der Waals surface area contributed by atoms with Gasteiger partial charge in [0.2, 0.25) is 0 Å². The lowest BCUT2D eigenvalue weighted by Crippen LogP contribution is -2.31. The Bertz CT molecular complexity index is 717. The van der Waals surface area contributed by atoms with E-state index in [4.69, 9.17) is 0 Å². The highest BCUT2D eigenvalue weighted by molar-refractivity contribution is 7.89. The van der Waals surface area contributed by atoms with Crippen LogP contribution in [0.2, 0.25) is 0 Å². The number of hydrogen-bond acceptors (Lipinski definition) is 4. The summed E-state index contributed by atoms with van der Waals surface area (Å²) in [6.45, 7) is 6.66. The van der Waals surface area contributed by atoms with E-state index in [2.05, 4.69) is 15.1 Å². The predicted molar refractivity (Wildman–Crippen MR) is 79.5 cm³/mol. The molecule has 7 nitrogen and oxygen atoms in total. The second-order valence-electron chi connectivity index (χ2n) is 5.02. The molecular formula is C13H21N5O2S. The highest BCUT2D eigenvalue weighted by atomic mass is 32.2. The Balaban J connectivity index is 2.08.